The van der Waals surface area contributed by atoms with E-state index in [0.717, 1.165) is 16.8 Å². The highest BCUT2D eigenvalue weighted by Crippen LogP contribution is 2.27. The quantitative estimate of drug-likeness (QED) is 0.590. The first-order chi connectivity index (χ1) is 5.27. The number of aryl methyl sites for hydroxylation is 1. The molecule has 0 spiro atoms. The van der Waals surface area contributed by atoms with Gasteiger partial charge in [0.25, 0.3) is 0 Å². The topological polar surface area (TPSA) is 46.7 Å². The molecule has 0 bridgehead atoms. The zero-order valence-electron chi connectivity index (χ0n) is 6.07. The van der Waals surface area contributed by atoms with E-state index < -0.39 is 0 Å². The number of fused-ring (bicyclic) bond motifs is 1. The van der Waals surface area contributed by atoms with E-state index in [9.17, 15) is 5.11 Å². The molecule has 2 rings (SSSR count). The number of rotatable bonds is 0. The summed E-state index contributed by atoms with van der Waals surface area (Å²) >= 11 is 0. The fraction of sp³-hybridized carbons (Fsp3) is 0.125. The van der Waals surface area contributed by atoms with E-state index in [0.29, 0.717) is 0 Å². The SMILES string of the molecule is Cc1cc2c(cc1O)[N]N=C2. The molecule has 0 saturated heterocycles. The Morgan fingerprint density at radius 2 is 2.18 bits per heavy atom. The summed E-state index contributed by atoms with van der Waals surface area (Å²) in [6, 6.07) is 3.49. The minimum absolute atomic E-state index is 0.276. The van der Waals surface area contributed by atoms with Crippen molar-refractivity contribution in [2.24, 2.45) is 5.10 Å². The first kappa shape index (κ1) is 6.22. The number of benzene rings is 1. The highest BCUT2D eigenvalue weighted by Gasteiger charge is 2.09. The maximum atomic E-state index is 9.27. The second kappa shape index (κ2) is 1.99. The molecule has 0 saturated carbocycles. The van der Waals surface area contributed by atoms with Crippen LogP contribution in [-0.4, -0.2) is 11.3 Å². The lowest BCUT2D eigenvalue weighted by molar-refractivity contribution is 0.471. The summed E-state index contributed by atoms with van der Waals surface area (Å²) in [6.07, 6.45) is 1.68. The van der Waals surface area contributed by atoms with Crippen LogP contribution in [0, 0.1) is 6.92 Å². The number of nitrogens with zero attached hydrogens (tertiary/aromatic N) is 2. The van der Waals surface area contributed by atoms with Crippen LogP contribution in [0.3, 0.4) is 0 Å². The number of phenols is 1. The van der Waals surface area contributed by atoms with Crippen LogP contribution in [0.25, 0.3) is 0 Å². The van der Waals surface area contributed by atoms with Gasteiger partial charge in [-0.15, -0.1) is 0 Å². The summed E-state index contributed by atoms with van der Waals surface area (Å²) in [5, 5.41) is 13.0. The van der Waals surface area contributed by atoms with Crippen molar-refractivity contribution >= 4 is 11.9 Å². The molecule has 1 aliphatic rings. The summed E-state index contributed by atoms with van der Waals surface area (Å²) in [6.45, 7) is 1.85. The van der Waals surface area contributed by atoms with Crippen molar-refractivity contribution in [1.82, 2.24) is 5.43 Å². The van der Waals surface area contributed by atoms with Crippen LogP contribution in [0.4, 0.5) is 5.69 Å². The van der Waals surface area contributed by atoms with Crippen LogP contribution < -0.4 is 5.43 Å². The third-order valence-electron chi connectivity index (χ3n) is 1.71. The summed E-state index contributed by atoms with van der Waals surface area (Å²) in [7, 11) is 0. The van der Waals surface area contributed by atoms with E-state index in [1.807, 2.05) is 13.0 Å². The number of hydrogen-bond donors (Lipinski definition) is 1. The van der Waals surface area contributed by atoms with Crippen molar-refractivity contribution in [2.75, 3.05) is 0 Å². The minimum atomic E-state index is 0.276. The summed E-state index contributed by atoms with van der Waals surface area (Å²) < 4.78 is 0. The van der Waals surface area contributed by atoms with Crippen LogP contribution in [0.15, 0.2) is 17.2 Å². The minimum Gasteiger partial charge on any atom is -0.508 e. The van der Waals surface area contributed by atoms with Gasteiger partial charge in [0, 0.05) is 11.6 Å². The molecule has 1 aromatic rings. The average molecular weight is 147 g/mol. The third-order valence-corrected chi connectivity index (χ3v) is 1.71. The van der Waals surface area contributed by atoms with Crippen molar-refractivity contribution in [3.63, 3.8) is 0 Å². The Hall–Kier alpha value is -1.51. The molecule has 11 heavy (non-hydrogen) atoms. The fourth-order valence-corrected chi connectivity index (χ4v) is 1.05. The molecular formula is C8H7N2O. The highest BCUT2D eigenvalue weighted by molar-refractivity contribution is 5.90. The second-order valence-electron chi connectivity index (χ2n) is 2.54. The largest absolute Gasteiger partial charge is 0.508 e. The molecule has 0 fully saturated rings. The van der Waals surface area contributed by atoms with Gasteiger partial charge in [-0.2, -0.15) is 10.5 Å². The van der Waals surface area contributed by atoms with Crippen molar-refractivity contribution in [2.45, 2.75) is 6.92 Å². The standard InChI is InChI=1S/C8H7N2O/c1-5-2-6-4-9-10-7(6)3-8(5)11/h2-4,11H,1H3. The van der Waals surface area contributed by atoms with Gasteiger partial charge < -0.3 is 5.11 Å². The highest BCUT2D eigenvalue weighted by atomic mass is 16.3. The Morgan fingerprint density at radius 3 is 3.00 bits per heavy atom. The number of aromatic hydroxyl groups is 1. The van der Waals surface area contributed by atoms with Crippen LogP contribution in [0.5, 0.6) is 5.75 Å². The second-order valence-corrected chi connectivity index (χ2v) is 2.54. The first-order valence-electron chi connectivity index (χ1n) is 3.35. The Balaban J connectivity index is 2.63. The van der Waals surface area contributed by atoms with E-state index >= 15 is 0 Å². The van der Waals surface area contributed by atoms with Gasteiger partial charge in [0.15, 0.2) is 0 Å². The predicted molar refractivity (Wildman–Crippen MR) is 42.2 cm³/mol. The Labute approximate surface area is 64.4 Å². The summed E-state index contributed by atoms with van der Waals surface area (Å²) in [4.78, 5) is 0. The maximum absolute atomic E-state index is 9.27. The Morgan fingerprint density at radius 1 is 1.36 bits per heavy atom. The van der Waals surface area contributed by atoms with Crippen LogP contribution in [0.2, 0.25) is 0 Å². The smallest absolute Gasteiger partial charge is 0.120 e. The zero-order chi connectivity index (χ0) is 7.84. The van der Waals surface area contributed by atoms with Crippen molar-refractivity contribution in [1.29, 1.82) is 0 Å². The van der Waals surface area contributed by atoms with E-state index in [-0.39, 0.29) is 5.75 Å². The van der Waals surface area contributed by atoms with E-state index in [2.05, 4.69) is 10.5 Å². The van der Waals surface area contributed by atoms with Crippen molar-refractivity contribution in [3.8, 4) is 5.75 Å². The van der Waals surface area contributed by atoms with Crippen LogP contribution in [0.1, 0.15) is 11.1 Å². The molecule has 3 nitrogen and oxygen atoms in total. The molecule has 1 radical (unpaired) electrons. The first-order valence-corrected chi connectivity index (χ1v) is 3.35. The predicted octanol–water partition coefficient (Wildman–Crippen LogP) is 1.28. The van der Waals surface area contributed by atoms with Gasteiger partial charge in [-0.3, -0.25) is 0 Å². The molecule has 55 valence electrons. The van der Waals surface area contributed by atoms with Gasteiger partial charge in [0.2, 0.25) is 0 Å². The van der Waals surface area contributed by atoms with Gasteiger partial charge >= 0.3 is 0 Å². The number of phenolic OH excluding ortho intramolecular Hbond substituents is 1. The molecule has 0 aromatic heterocycles. The molecule has 0 atom stereocenters. The molecule has 1 N–H and O–H groups in total. The van der Waals surface area contributed by atoms with Gasteiger partial charge in [-0.25, -0.2) is 0 Å². The maximum Gasteiger partial charge on any atom is 0.120 e. The average Bonchev–Trinajstić information content (AvgIpc) is 2.36. The van der Waals surface area contributed by atoms with Crippen LogP contribution >= 0.6 is 0 Å². The van der Waals surface area contributed by atoms with Gasteiger partial charge in [0.1, 0.15) is 5.75 Å². The van der Waals surface area contributed by atoms with Crippen molar-refractivity contribution < 1.29 is 5.11 Å². The molecule has 0 unspecified atom stereocenters. The lowest BCUT2D eigenvalue weighted by Crippen LogP contribution is -1.84. The number of hydrogen-bond acceptors (Lipinski definition) is 2. The summed E-state index contributed by atoms with van der Waals surface area (Å²) in [5.41, 5.74) is 6.38. The van der Waals surface area contributed by atoms with Gasteiger partial charge in [0.05, 0.1) is 11.9 Å². The van der Waals surface area contributed by atoms with Gasteiger partial charge in [-0.1, -0.05) is 0 Å². The third kappa shape index (κ3) is 0.852. The molecule has 1 heterocycles. The van der Waals surface area contributed by atoms with Crippen molar-refractivity contribution in [3.05, 3.63) is 23.3 Å². The van der Waals surface area contributed by atoms with E-state index in [1.54, 1.807) is 12.3 Å². The molecular weight excluding hydrogens is 140 g/mol. The van der Waals surface area contributed by atoms with Crippen LogP contribution in [-0.2, 0) is 0 Å². The molecule has 3 heteroatoms. The zero-order valence-corrected chi connectivity index (χ0v) is 6.07. The summed E-state index contributed by atoms with van der Waals surface area (Å²) in [5.74, 6) is 0.276. The van der Waals surface area contributed by atoms with E-state index in [1.165, 1.54) is 0 Å². The monoisotopic (exact) mass is 147 g/mol. The van der Waals surface area contributed by atoms with E-state index in [4.69, 9.17) is 0 Å². The molecule has 0 amide bonds. The fourth-order valence-electron chi connectivity index (χ4n) is 1.05. The molecule has 1 aromatic carbocycles. The normalized spacial score (nSPS) is 12.8. The Kier molecular flexibility index (Phi) is 1.12. The lowest BCUT2D eigenvalue weighted by Gasteiger charge is -2.00. The molecule has 1 aliphatic heterocycles. The van der Waals surface area contributed by atoms with Gasteiger partial charge in [-0.05, 0) is 18.6 Å². The lowest BCUT2D eigenvalue weighted by atomic mass is 10.1. The Bertz CT molecular complexity index is 331. The molecule has 0 aliphatic carbocycles.